The lowest BCUT2D eigenvalue weighted by Gasteiger charge is -2.07. The van der Waals surface area contributed by atoms with Gasteiger partial charge in [0.15, 0.2) is 0 Å². The molecule has 0 atom stereocenters. The number of hydrogen-bond donors (Lipinski definition) is 0. The van der Waals surface area contributed by atoms with Gasteiger partial charge < -0.3 is 4.74 Å². The van der Waals surface area contributed by atoms with Crippen LogP contribution in [0.2, 0.25) is 5.02 Å². The number of carbonyl (C=O) groups excluding carboxylic acids is 1. The maximum absolute atomic E-state index is 12.8. The molecule has 1 aromatic heterocycles. The van der Waals surface area contributed by atoms with E-state index in [0.717, 1.165) is 27.9 Å². The van der Waals surface area contributed by atoms with E-state index in [1.165, 1.54) is 6.42 Å². The van der Waals surface area contributed by atoms with Gasteiger partial charge in [0.1, 0.15) is 5.75 Å². The molecule has 1 heterocycles. The molecule has 27 heavy (non-hydrogen) atoms. The highest BCUT2D eigenvalue weighted by atomic mass is 35.5. The van der Waals surface area contributed by atoms with Crippen LogP contribution in [0.15, 0.2) is 42.5 Å². The first-order valence-corrected chi connectivity index (χ1v) is 9.78. The maximum Gasteiger partial charge on any atom is 0.262 e. The van der Waals surface area contributed by atoms with Crippen molar-refractivity contribution in [3.05, 3.63) is 64.3 Å². The Hall–Kier alpha value is -2.26. The van der Waals surface area contributed by atoms with Crippen LogP contribution in [-0.4, -0.2) is 17.6 Å². The summed E-state index contributed by atoms with van der Waals surface area (Å²) in [7, 11) is 1.64. The minimum atomic E-state index is -0.0579. The van der Waals surface area contributed by atoms with Gasteiger partial charge in [-0.2, -0.15) is 0 Å². The molecule has 0 fully saturated rings. The zero-order valence-corrected chi connectivity index (χ0v) is 18.1. The summed E-state index contributed by atoms with van der Waals surface area (Å²) in [6.45, 7) is 12.2. The average Bonchev–Trinajstić information content (AvgIpc) is 2.94. The van der Waals surface area contributed by atoms with E-state index in [4.69, 9.17) is 16.3 Å². The minimum absolute atomic E-state index is 0.0579. The molecule has 0 aliphatic heterocycles. The number of rotatable bonds is 2. The summed E-state index contributed by atoms with van der Waals surface area (Å²) in [5, 5.41) is 1.64. The van der Waals surface area contributed by atoms with E-state index < -0.39 is 0 Å². The van der Waals surface area contributed by atoms with Crippen LogP contribution < -0.4 is 4.74 Å². The van der Waals surface area contributed by atoms with Crippen molar-refractivity contribution in [2.24, 2.45) is 0 Å². The standard InChI is InChI=1S/C18H16ClNO2.C3H8.C2H6/c1-11-12(2)20(17-9-8-15(22-3)10-16(11)17)18(21)13-4-6-14(19)7-5-13;1-3-2;1-2/h4-10H,1-3H3;3H2,1-2H3;1-2H3. The zero-order chi connectivity index (χ0) is 20.6. The molecule has 0 aliphatic carbocycles. The Labute approximate surface area is 167 Å². The largest absolute Gasteiger partial charge is 0.497 e. The fourth-order valence-electron chi connectivity index (χ4n) is 2.66. The first-order valence-electron chi connectivity index (χ1n) is 9.40. The Morgan fingerprint density at radius 2 is 1.59 bits per heavy atom. The zero-order valence-electron chi connectivity index (χ0n) is 17.4. The number of aromatic nitrogens is 1. The molecule has 0 radical (unpaired) electrons. The number of carbonyl (C=O) groups is 1. The minimum Gasteiger partial charge on any atom is -0.497 e. The molecule has 0 saturated carbocycles. The van der Waals surface area contributed by atoms with Crippen LogP contribution in [0, 0.1) is 13.8 Å². The molecule has 0 amide bonds. The molecule has 0 spiro atoms. The Balaban J connectivity index is 0.000000665. The summed E-state index contributed by atoms with van der Waals surface area (Å²) in [5.74, 6) is 0.726. The molecule has 0 N–H and O–H groups in total. The first-order chi connectivity index (χ1) is 12.9. The van der Waals surface area contributed by atoms with E-state index in [-0.39, 0.29) is 5.91 Å². The molecule has 4 heteroatoms. The highest BCUT2D eigenvalue weighted by molar-refractivity contribution is 6.30. The van der Waals surface area contributed by atoms with Crippen LogP contribution in [0.4, 0.5) is 0 Å². The average molecular weight is 388 g/mol. The molecule has 146 valence electrons. The van der Waals surface area contributed by atoms with Gasteiger partial charge in [-0.25, -0.2) is 0 Å². The van der Waals surface area contributed by atoms with Gasteiger partial charge in [0, 0.05) is 21.7 Å². The second kappa shape index (κ2) is 10.8. The Morgan fingerprint density at radius 3 is 2.11 bits per heavy atom. The topological polar surface area (TPSA) is 31.2 Å². The molecule has 0 aliphatic rings. The van der Waals surface area contributed by atoms with Gasteiger partial charge in [-0.15, -0.1) is 0 Å². The van der Waals surface area contributed by atoms with Gasteiger partial charge in [-0.3, -0.25) is 9.36 Å². The quantitative estimate of drug-likeness (QED) is 0.471. The van der Waals surface area contributed by atoms with Crippen LogP contribution in [-0.2, 0) is 0 Å². The lowest BCUT2D eigenvalue weighted by molar-refractivity contribution is 0.0963. The van der Waals surface area contributed by atoms with Gasteiger partial charge >= 0.3 is 0 Å². The second-order valence-electron chi connectivity index (χ2n) is 5.95. The summed E-state index contributed by atoms with van der Waals surface area (Å²) in [4.78, 5) is 12.8. The van der Waals surface area contributed by atoms with E-state index in [1.54, 1.807) is 35.9 Å². The van der Waals surface area contributed by atoms with Crippen LogP contribution in [0.5, 0.6) is 5.75 Å². The highest BCUT2D eigenvalue weighted by Gasteiger charge is 2.18. The number of aryl methyl sites for hydroxylation is 1. The molecule has 2 aromatic carbocycles. The number of halogens is 1. The van der Waals surface area contributed by atoms with Gasteiger partial charge in [-0.1, -0.05) is 45.7 Å². The molecule has 0 unspecified atom stereocenters. The highest BCUT2D eigenvalue weighted by Crippen LogP contribution is 2.29. The third-order valence-electron chi connectivity index (χ3n) is 4.02. The van der Waals surface area contributed by atoms with Gasteiger partial charge in [0.2, 0.25) is 0 Å². The number of methoxy groups -OCH3 is 1. The van der Waals surface area contributed by atoms with E-state index in [9.17, 15) is 4.79 Å². The van der Waals surface area contributed by atoms with E-state index >= 15 is 0 Å². The van der Waals surface area contributed by atoms with Crippen molar-refractivity contribution in [1.82, 2.24) is 4.57 Å². The van der Waals surface area contributed by atoms with Crippen molar-refractivity contribution in [1.29, 1.82) is 0 Å². The number of fused-ring (bicyclic) bond motifs is 1. The number of hydrogen-bond acceptors (Lipinski definition) is 2. The van der Waals surface area contributed by atoms with Gasteiger partial charge in [0.05, 0.1) is 12.6 Å². The Bertz CT molecular complexity index is 880. The van der Waals surface area contributed by atoms with Crippen molar-refractivity contribution in [2.45, 2.75) is 48.0 Å². The fraction of sp³-hybridized carbons (Fsp3) is 0.348. The Morgan fingerprint density at radius 1 is 1.04 bits per heavy atom. The van der Waals surface area contributed by atoms with Crippen molar-refractivity contribution in [3.63, 3.8) is 0 Å². The van der Waals surface area contributed by atoms with Crippen LogP contribution >= 0.6 is 11.6 Å². The van der Waals surface area contributed by atoms with E-state index in [0.29, 0.717) is 10.6 Å². The third-order valence-corrected chi connectivity index (χ3v) is 4.27. The van der Waals surface area contributed by atoms with E-state index in [2.05, 4.69) is 13.8 Å². The smallest absolute Gasteiger partial charge is 0.262 e. The lowest BCUT2D eigenvalue weighted by atomic mass is 10.1. The predicted molar refractivity (Wildman–Crippen MR) is 116 cm³/mol. The molecular weight excluding hydrogens is 358 g/mol. The van der Waals surface area contributed by atoms with Gasteiger partial charge in [0.25, 0.3) is 5.91 Å². The molecule has 0 bridgehead atoms. The summed E-state index contributed by atoms with van der Waals surface area (Å²) < 4.78 is 7.02. The van der Waals surface area contributed by atoms with E-state index in [1.807, 2.05) is 45.9 Å². The molecule has 0 saturated heterocycles. The molecular formula is C23H30ClNO2. The number of nitrogens with zero attached hydrogens (tertiary/aromatic N) is 1. The summed E-state index contributed by atoms with van der Waals surface area (Å²) in [6.07, 6.45) is 1.25. The second-order valence-corrected chi connectivity index (χ2v) is 6.38. The SMILES string of the molecule is CC.CCC.COc1ccc2c(c1)c(C)c(C)n2C(=O)c1ccc(Cl)cc1. The molecule has 3 nitrogen and oxygen atoms in total. The van der Waals surface area contributed by atoms with Crippen molar-refractivity contribution in [2.75, 3.05) is 7.11 Å². The van der Waals surface area contributed by atoms with Crippen molar-refractivity contribution < 1.29 is 9.53 Å². The summed E-state index contributed by atoms with van der Waals surface area (Å²) in [5.41, 5.74) is 3.51. The lowest BCUT2D eigenvalue weighted by Crippen LogP contribution is -2.13. The van der Waals surface area contributed by atoms with Crippen LogP contribution in [0.1, 0.15) is 55.7 Å². The molecule has 3 aromatic rings. The summed E-state index contributed by atoms with van der Waals surface area (Å²) >= 11 is 5.89. The van der Waals surface area contributed by atoms with Gasteiger partial charge in [-0.05, 0) is 61.9 Å². The first kappa shape index (κ1) is 22.8. The number of ether oxygens (including phenoxy) is 1. The maximum atomic E-state index is 12.8. The predicted octanol–water partition coefficient (Wildman–Crippen LogP) is 7.05. The fourth-order valence-corrected chi connectivity index (χ4v) is 2.79. The van der Waals surface area contributed by atoms with Crippen molar-refractivity contribution in [3.8, 4) is 5.75 Å². The molecule has 3 rings (SSSR count). The summed E-state index contributed by atoms with van der Waals surface area (Å²) in [6, 6.07) is 12.7. The normalized spacial score (nSPS) is 9.78. The van der Waals surface area contributed by atoms with Crippen LogP contribution in [0.25, 0.3) is 10.9 Å². The number of benzene rings is 2. The monoisotopic (exact) mass is 387 g/mol. The third kappa shape index (κ3) is 5.14. The van der Waals surface area contributed by atoms with Crippen LogP contribution in [0.3, 0.4) is 0 Å². The Kier molecular flexibility index (Phi) is 9.10. The van der Waals surface area contributed by atoms with Crippen molar-refractivity contribution >= 4 is 28.4 Å².